The van der Waals surface area contributed by atoms with E-state index < -0.39 is 0 Å². The first-order chi connectivity index (χ1) is 15.0. The lowest BCUT2D eigenvalue weighted by Crippen LogP contribution is -2.36. The van der Waals surface area contributed by atoms with Crippen molar-refractivity contribution in [2.75, 3.05) is 19.6 Å². The number of carbonyl (C=O) groups excluding carboxylic acids is 2. The fourth-order valence-electron chi connectivity index (χ4n) is 4.58. The molecule has 2 aliphatic rings. The van der Waals surface area contributed by atoms with E-state index in [4.69, 9.17) is 9.90 Å². The van der Waals surface area contributed by atoms with Crippen LogP contribution >= 0.6 is 0 Å². The van der Waals surface area contributed by atoms with Gasteiger partial charge in [0.25, 0.3) is 18.2 Å². The van der Waals surface area contributed by atoms with Gasteiger partial charge in [-0.25, -0.2) is 9.50 Å². The van der Waals surface area contributed by atoms with E-state index in [1.807, 2.05) is 28.0 Å². The second kappa shape index (κ2) is 8.50. The maximum absolute atomic E-state index is 13.0. The molecule has 2 aromatic heterocycles. The third kappa shape index (κ3) is 3.83. The minimum atomic E-state index is -0.250. The molecule has 2 saturated heterocycles. The number of carboxylic acid groups (broad SMARTS) is 1. The maximum Gasteiger partial charge on any atom is 0.293 e. The molecular formula is C21H22N6O4. The summed E-state index contributed by atoms with van der Waals surface area (Å²) in [5.74, 6) is 0.947. The van der Waals surface area contributed by atoms with Crippen molar-refractivity contribution < 1.29 is 19.5 Å². The lowest BCUT2D eigenvalue weighted by Gasteiger charge is -2.29. The van der Waals surface area contributed by atoms with Crippen LogP contribution in [0.5, 0.6) is 0 Å². The molecule has 1 aromatic carbocycles. The molecule has 31 heavy (non-hydrogen) atoms. The number of amides is 2. The van der Waals surface area contributed by atoms with Gasteiger partial charge >= 0.3 is 0 Å². The van der Waals surface area contributed by atoms with Crippen molar-refractivity contribution in [2.24, 2.45) is 11.8 Å². The Kier molecular flexibility index (Phi) is 5.61. The fourth-order valence-corrected chi connectivity index (χ4v) is 4.58. The van der Waals surface area contributed by atoms with Crippen LogP contribution in [0.25, 0.3) is 5.78 Å². The fraction of sp³-hybridized carbons (Fsp3) is 0.333. The number of fused-ring (bicyclic) bond motifs is 2. The van der Waals surface area contributed by atoms with Crippen LogP contribution in [0, 0.1) is 11.8 Å². The van der Waals surface area contributed by atoms with Gasteiger partial charge in [0.15, 0.2) is 0 Å². The summed E-state index contributed by atoms with van der Waals surface area (Å²) in [5, 5.41) is 11.1. The van der Waals surface area contributed by atoms with Gasteiger partial charge in [-0.2, -0.15) is 4.98 Å². The Labute approximate surface area is 178 Å². The van der Waals surface area contributed by atoms with Crippen molar-refractivity contribution >= 4 is 24.1 Å². The van der Waals surface area contributed by atoms with Crippen LogP contribution in [0.4, 0.5) is 0 Å². The van der Waals surface area contributed by atoms with E-state index >= 15 is 0 Å². The van der Waals surface area contributed by atoms with Gasteiger partial charge < -0.3 is 14.9 Å². The largest absolute Gasteiger partial charge is 0.483 e. The first-order valence-corrected chi connectivity index (χ1v) is 9.90. The van der Waals surface area contributed by atoms with Crippen molar-refractivity contribution in [1.82, 2.24) is 29.4 Å². The highest BCUT2D eigenvalue weighted by Gasteiger charge is 2.49. The summed E-state index contributed by atoms with van der Waals surface area (Å²) in [5.41, 5.74) is 1.12. The minimum absolute atomic E-state index is 0.00260. The monoisotopic (exact) mass is 422 g/mol. The van der Waals surface area contributed by atoms with E-state index in [2.05, 4.69) is 27.2 Å². The first kappa shape index (κ1) is 20.5. The molecule has 3 aromatic rings. The topological polar surface area (TPSA) is 121 Å². The zero-order chi connectivity index (χ0) is 22.0. The number of carbonyl (C=O) groups is 3. The summed E-state index contributed by atoms with van der Waals surface area (Å²) < 4.78 is 1.51. The molecule has 3 atom stereocenters. The van der Waals surface area contributed by atoms with Crippen LogP contribution in [-0.4, -0.2) is 72.4 Å². The zero-order valence-electron chi connectivity index (χ0n) is 16.9. The highest BCUT2D eigenvalue weighted by atomic mass is 16.3. The molecule has 10 heteroatoms. The summed E-state index contributed by atoms with van der Waals surface area (Å²) in [6.07, 6.45) is 3.35. The molecule has 0 aliphatic carbocycles. The molecule has 0 radical (unpaired) electrons. The molecule has 2 aliphatic heterocycles. The molecule has 0 unspecified atom stereocenters. The highest BCUT2D eigenvalue weighted by molar-refractivity contribution is 5.91. The molecule has 0 bridgehead atoms. The van der Waals surface area contributed by atoms with Crippen molar-refractivity contribution in [2.45, 2.75) is 13.0 Å². The lowest BCUT2D eigenvalue weighted by molar-refractivity contribution is -0.130. The molecule has 2 amide bonds. The number of likely N-dealkylation sites (tertiary alicyclic amines) is 2. The molecule has 4 heterocycles. The zero-order valence-corrected chi connectivity index (χ0v) is 16.9. The van der Waals surface area contributed by atoms with Gasteiger partial charge in [-0.15, -0.1) is 5.10 Å². The van der Waals surface area contributed by atoms with Gasteiger partial charge in [0, 0.05) is 50.8 Å². The summed E-state index contributed by atoms with van der Waals surface area (Å²) in [6.45, 7) is 3.24. The standard InChI is InChI=1S/C20H20N6O2.CH2O2/c1-13(27)25-11-15-10-24(12-16(15)17(25)14-6-3-2-4-7-14)19(28)18-22-20-21-8-5-9-26(20)23-18;2-1-3/h2-9,15-17H,10-12H2,1H3;1H,(H,2,3)/t15-,16-,17+;/m1./s1. The Balaban J connectivity index is 0.000000730. The Bertz CT molecular complexity index is 1070. The summed E-state index contributed by atoms with van der Waals surface area (Å²) in [6, 6.07) is 11.8. The average Bonchev–Trinajstić information content (AvgIpc) is 3.46. The van der Waals surface area contributed by atoms with Gasteiger partial charge in [-0.1, -0.05) is 30.3 Å². The number of hydrogen-bond acceptors (Lipinski definition) is 6. The van der Waals surface area contributed by atoms with E-state index in [1.165, 1.54) is 4.52 Å². The SMILES string of the molecule is CC(=O)N1C[C@H]2CN(C(=O)c3nc4ncccn4n3)C[C@H]2[C@@H]1c1ccccc1.O=CO. The summed E-state index contributed by atoms with van der Waals surface area (Å²) in [4.78, 5) is 45.7. The number of hydrogen-bond donors (Lipinski definition) is 1. The van der Waals surface area contributed by atoms with Crippen LogP contribution in [-0.2, 0) is 9.59 Å². The average molecular weight is 422 g/mol. The van der Waals surface area contributed by atoms with Gasteiger partial charge in [-0.05, 0) is 11.6 Å². The van der Waals surface area contributed by atoms with Crippen LogP contribution < -0.4 is 0 Å². The number of nitrogens with zero attached hydrogens (tertiary/aromatic N) is 6. The number of rotatable bonds is 2. The number of benzene rings is 1. The van der Waals surface area contributed by atoms with Gasteiger partial charge in [-0.3, -0.25) is 14.4 Å². The molecule has 0 spiro atoms. The van der Waals surface area contributed by atoms with Crippen LogP contribution in [0.2, 0.25) is 0 Å². The predicted octanol–water partition coefficient (Wildman–Crippen LogP) is 1.12. The summed E-state index contributed by atoms with van der Waals surface area (Å²) >= 11 is 0. The molecular weight excluding hydrogens is 400 g/mol. The molecule has 0 saturated carbocycles. The van der Waals surface area contributed by atoms with Crippen molar-refractivity contribution in [1.29, 1.82) is 0 Å². The second-order valence-corrected chi connectivity index (χ2v) is 7.57. The van der Waals surface area contributed by atoms with Crippen LogP contribution in [0.1, 0.15) is 29.1 Å². The van der Waals surface area contributed by atoms with E-state index in [9.17, 15) is 9.59 Å². The van der Waals surface area contributed by atoms with Crippen molar-refractivity contribution in [3.05, 3.63) is 60.2 Å². The van der Waals surface area contributed by atoms with Crippen LogP contribution in [0.3, 0.4) is 0 Å². The Morgan fingerprint density at radius 3 is 2.55 bits per heavy atom. The molecule has 1 N–H and O–H groups in total. The first-order valence-electron chi connectivity index (χ1n) is 9.90. The maximum atomic E-state index is 13.0. The normalized spacial score (nSPS) is 22.0. The minimum Gasteiger partial charge on any atom is -0.483 e. The molecule has 10 nitrogen and oxygen atoms in total. The van der Waals surface area contributed by atoms with Crippen molar-refractivity contribution in [3.63, 3.8) is 0 Å². The van der Waals surface area contributed by atoms with Gasteiger partial charge in [0.1, 0.15) is 0 Å². The van der Waals surface area contributed by atoms with Crippen molar-refractivity contribution in [3.8, 4) is 0 Å². The quantitative estimate of drug-likeness (QED) is 0.614. The Hall–Kier alpha value is -3.82. The van der Waals surface area contributed by atoms with E-state index in [1.54, 1.807) is 25.4 Å². The van der Waals surface area contributed by atoms with Gasteiger partial charge in [0.2, 0.25) is 11.7 Å². The van der Waals surface area contributed by atoms with Crippen LogP contribution in [0.15, 0.2) is 48.8 Å². The molecule has 2 fully saturated rings. The summed E-state index contributed by atoms with van der Waals surface area (Å²) in [7, 11) is 0. The molecule has 160 valence electrons. The Morgan fingerprint density at radius 2 is 1.87 bits per heavy atom. The Morgan fingerprint density at radius 1 is 1.13 bits per heavy atom. The van der Waals surface area contributed by atoms with E-state index in [0.29, 0.717) is 25.4 Å². The smallest absolute Gasteiger partial charge is 0.293 e. The van der Waals surface area contributed by atoms with Gasteiger partial charge in [0.05, 0.1) is 6.04 Å². The predicted molar refractivity (Wildman–Crippen MR) is 109 cm³/mol. The second-order valence-electron chi connectivity index (χ2n) is 7.57. The number of aromatic nitrogens is 4. The third-order valence-corrected chi connectivity index (χ3v) is 5.80. The van der Waals surface area contributed by atoms with E-state index in [0.717, 1.165) is 5.56 Å². The third-order valence-electron chi connectivity index (χ3n) is 5.80. The molecule has 5 rings (SSSR count). The van der Waals surface area contributed by atoms with E-state index in [-0.39, 0.29) is 42.0 Å². The highest BCUT2D eigenvalue weighted by Crippen LogP contribution is 2.45. The lowest BCUT2D eigenvalue weighted by atomic mass is 9.89.